The Bertz CT molecular complexity index is 1190. The summed E-state index contributed by atoms with van der Waals surface area (Å²) < 4.78 is 11.3. The number of benzene rings is 2. The molecule has 1 aliphatic heterocycles. The number of esters is 1. The van der Waals surface area contributed by atoms with Gasteiger partial charge in [-0.3, -0.25) is 4.79 Å². The zero-order valence-electron chi connectivity index (χ0n) is 24.0. The van der Waals surface area contributed by atoms with Gasteiger partial charge >= 0.3 is 5.97 Å². The van der Waals surface area contributed by atoms with Crippen LogP contribution >= 0.6 is 0 Å². The fraction of sp³-hybridized carbons (Fsp3) is 0.500. The molecule has 1 heterocycles. The van der Waals surface area contributed by atoms with Gasteiger partial charge in [-0.25, -0.2) is 0 Å². The van der Waals surface area contributed by atoms with E-state index in [2.05, 4.69) is 82.9 Å². The summed E-state index contributed by atoms with van der Waals surface area (Å²) in [5.74, 6) is 6.82. The Morgan fingerprint density at radius 1 is 1.03 bits per heavy atom. The number of aryl methyl sites for hydroxylation is 2. The van der Waals surface area contributed by atoms with Crippen LogP contribution in [-0.2, 0) is 14.9 Å². The normalized spacial score (nSPS) is 17.1. The van der Waals surface area contributed by atoms with Crippen molar-refractivity contribution >= 4 is 12.0 Å². The average molecular weight is 517 g/mol. The number of cyclic esters (lactones) is 1. The highest BCUT2D eigenvalue weighted by atomic mass is 16.6. The molecule has 38 heavy (non-hydrogen) atoms. The number of carbonyl (C=O) groups is 1. The smallest absolute Gasteiger partial charge is 0.306 e. The van der Waals surface area contributed by atoms with Gasteiger partial charge in [0, 0.05) is 18.3 Å². The minimum Gasteiger partial charge on any atom is -0.489 e. The first-order valence-corrected chi connectivity index (χ1v) is 14.2. The van der Waals surface area contributed by atoms with Crippen LogP contribution in [-0.4, -0.2) is 29.4 Å². The third-order valence-electron chi connectivity index (χ3n) is 7.91. The van der Waals surface area contributed by atoms with Gasteiger partial charge in [-0.05, 0) is 85.9 Å². The van der Waals surface area contributed by atoms with E-state index in [-0.39, 0.29) is 17.5 Å². The van der Waals surface area contributed by atoms with Crippen molar-refractivity contribution in [3.05, 3.63) is 70.3 Å². The number of hydrogen-bond donors (Lipinski definition) is 1. The predicted octanol–water partition coefficient (Wildman–Crippen LogP) is 7.45. The van der Waals surface area contributed by atoms with Gasteiger partial charge in [0.15, 0.2) is 0 Å². The van der Waals surface area contributed by atoms with Crippen molar-refractivity contribution in [1.82, 2.24) is 0 Å². The Morgan fingerprint density at radius 2 is 1.71 bits per heavy atom. The fourth-order valence-corrected chi connectivity index (χ4v) is 5.20. The zero-order chi connectivity index (χ0) is 27.8. The van der Waals surface area contributed by atoms with Crippen LogP contribution in [0.3, 0.4) is 0 Å². The number of rotatable bonds is 11. The van der Waals surface area contributed by atoms with E-state index in [0.29, 0.717) is 19.4 Å². The third-order valence-corrected chi connectivity index (χ3v) is 7.91. The van der Waals surface area contributed by atoms with Gasteiger partial charge in [-0.1, -0.05) is 75.9 Å². The lowest BCUT2D eigenvalue weighted by atomic mass is 9.70. The highest BCUT2D eigenvalue weighted by molar-refractivity contribution is 5.71. The van der Waals surface area contributed by atoms with E-state index in [0.717, 1.165) is 49.0 Å². The van der Waals surface area contributed by atoms with Crippen molar-refractivity contribution in [2.75, 3.05) is 6.61 Å². The maximum Gasteiger partial charge on any atom is 0.306 e. The summed E-state index contributed by atoms with van der Waals surface area (Å²) in [7, 11) is 0. The van der Waals surface area contributed by atoms with Gasteiger partial charge in [-0.2, -0.15) is 0 Å². The summed E-state index contributed by atoms with van der Waals surface area (Å²) in [6, 6.07) is 13.1. The second-order valence-electron chi connectivity index (χ2n) is 10.5. The van der Waals surface area contributed by atoms with Crippen molar-refractivity contribution in [2.24, 2.45) is 0 Å². The quantitative estimate of drug-likeness (QED) is 0.249. The fourth-order valence-electron chi connectivity index (χ4n) is 5.20. The highest BCUT2D eigenvalue weighted by Gasteiger charge is 2.32. The van der Waals surface area contributed by atoms with E-state index >= 15 is 0 Å². The summed E-state index contributed by atoms with van der Waals surface area (Å²) in [5.41, 5.74) is 4.69. The van der Waals surface area contributed by atoms with E-state index in [1.54, 1.807) is 0 Å². The second kappa shape index (κ2) is 13.2. The molecule has 0 saturated carbocycles. The van der Waals surface area contributed by atoms with Crippen LogP contribution in [0.15, 0.2) is 42.5 Å². The molecule has 0 aromatic heterocycles. The Morgan fingerprint density at radius 3 is 2.26 bits per heavy atom. The minimum atomic E-state index is -1.10. The first kappa shape index (κ1) is 29.5. The average Bonchev–Trinajstić information content (AvgIpc) is 3.33. The van der Waals surface area contributed by atoms with Crippen molar-refractivity contribution in [3.8, 4) is 17.6 Å². The molecule has 0 radical (unpaired) electrons. The van der Waals surface area contributed by atoms with Crippen LogP contribution < -0.4 is 4.74 Å². The molecule has 1 fully saturated rings. The van der Waals surface area contributed by atoms with E-state index in [1.165, 1.54) is 16.7 Å². The van der Waals surface area contributed by atoms with Crippen LogP contribution in [0.2, 0.25) is 0 Å². The van der Waals surface area contributed by atoms with Gasteiger partial charge < -0.3 is 14.6 Å². The molecule has 2 atom stereocenters. The van der Waals surface area contributed by atoms with Crippen LogP contribution in [0, 0.1) is 25.7 Å². The molecule has 1 unspecified atom stereocenters. The zero-order valence-corrected chi connectivity index (χ0v) is 24.0. The summed E-state index contributed by atoms with van der Waals surface area (Å²) in [5, 5.41) is 10.9. The molecule has 0 spiro atoms. The van der Waals surface area contributed by atoms with E-state index in [1.807, 2.05) is 19.1 Å². The molecule has 3 rings (SSSR count). The Balaban J connectivity index is 1.84. The van der Waals surface area contributed by atoms with Gasteiger partial charge in [-0.15, -0.1) is 0 Å². The molecule has 0 amide bonds. The number of hydrogen-bond acceptors (Lipinski definition) is 4. The maximum atomic E-state index is 11.4. The molecule has 0 bridgehead atoms. The summed E-state index contributed by atoms with van der Waals surface area (Å²) >= 11 is 0. The first-order valence-electron chi connectivity index (χ1n) is 14.2. The Kier molecular flexibility index (Phi) is 10.2. The van der Waals surface area contributed by atoms with Crippen molar-refractivity contribution < 1.29 is 19.4 Å². The molecule has 4 nitrogen and oxygen atoms in total. The number of unbranched alkanes of at least 4 members (excludes halogenated alkanes) is 1. The van der Waals surface area contributed by atoms with E-state index < -0.39 is 5.60 Å². The maximum absolute atomic E-state index is 11.4. The monoisotopic (exact) mass is 516 g/mol. The molecule has 1 aliphatic rings. The molecule has 1 saturated heterocycles. The molecule has 204 valence electrons. The summed E-state index contributed by atoms with van der Waals surface area (Å²) in [6.45, 7) is 13.1. The molecule has 2 aromatic rings. The standard InChI is InChI=1S/C34H44O4/c1-7-11-12-20-33(36,8-2)21-19-27-13-14-28(22-25(27)5)34(9-3,10-4)29-15-17-31(26(6)23-29)37-24-30-16-18-32(35)38-30/h13-15,17,19,21-23,30,36H,7-11,16,18,24H2,1-6H3/t30?,33-/m1/s1. The first-order chi connectivity index (χ1) is 18.2. The minimum absolute atomic E-state index is 0.118. The van der Waals surface area contributed by atoms with E-state index in [4.69, 9.17) is 9.47 Å². The number of aliphatic hydroxyl groups is 1. The lowest BCUT2D eigenvalue weighted by Crippen LogP contribution is -2.26. The Labute approximate surface area is 229 Å². The molecular formula is C34H44O4. The SMILES string of the molecule is CCCC#C[C@@](O)(C=Cc1ccc(C(CC)(CC)c2ccc(OCC3CCC(=O)O3)c(C)c2)cc1C)CC. The van der Waals surface area contributed by atoms with Crippen LogP contribution in [0.25, 0.3) is 6.08 Å². The van der Waals surface area contributed by atoms with Gasteiger partial charge in [0.25, 0.3) is 0 Å². The summed E-state index contributed by atoms with van der Waals surface area (Å²) in [4.78, 5) is 11.4. The van der Waals surface area contributed by atoms with Gasteiger partial charge in [0.1, 0.15) is 24.1 Å². The molecular weight excluding hydrogens is 472 g/mol. The van der Waals surface area contributed by atoms with Crippen LogP contribution in [0.5, 0.6) is 5.75 Å². The predicted molar refractivity (Wildman–Crippen MR) is 155 cm³/mol. The lowest BCUT2D eigenvalue weighted by molar-refractivity contribution is -0.142. The van der Waals surface area contributed by atoms with Crippen molar-refractivity contribution in [3.63, 3.8) is 0 Å². The Hall–Kier alpha value is -3.03. The molecule has 1 N–H and O–H groups in total. The van der Waals surface area contributed by atoms with Crippen molar-refractivity contribution in [2.45, 2.75) is 104 Å². The van der Waals surface area contributed by atoms with Crippen LogP contribution in [0.1, 0.15) is 100 Å². The largest absolute Gasteiger partial charge is 0.489 e. The number of ether oxygens (including phenoxy) is 2. The third kappa shape index (κ3) is 6.88. The number of carbonyl (C=O) groups excluding carboxylic acids is 1. The van der Waals surface area contributed by atoms with Crippen molar-refractivity contribution in [1.29, 1.82) is 0 Å². The highest BCUT2D eigenvalue weighted by Crippen LogP contribution is 2.41. The lowest BCUT2D eigenvalue weighted by Gasteiger charge is -2.34. The second-order valence-corrected chi connectivity index (χ2v) is 10.5. The molecule has 4 heteroatoms. The topological polar surface area (TPSA) is 55.8 Å². The van der Waals surface area contributed by atoms with E-state index in [9.17, 15) is 9.90 Å². The van der Waals surface area contributed by atoms with Crippen LogP contribution in [0.4, 0.5) is 0 Å². The van der Waals surface area contributed by atoms with Gasteiger partial charge in [0.2, 0.25) is 0 Å². The summed E-state index contributed by atoms with van der Waals surface area (Å²) in [6.07, 6.45) is 9.15. The molecule has 0 aliphatic carbocycles. The van der Waals surface area contributed by atoms with Gasteiger partial charge in [0.05, 0.1) is 0 Å². The molecule has 2 aromatic carbocycles.